The molecule has 0 spiro atoms. The summed E-state index contributed by atoms with van der Waals surface area (Å²) in [6.45, 7) is 0.821. The van der Waals surface area contributed by atoms with E-state index in [1.54, 1.807) is 0 Å². The molecule has 1 aliphatic heterocycles. The topological polar surface area (TPSA) is 29.3 Å². The summed E-state index contributed by atoms with van der Waals surface area (Å²) in [7, 11) is 1.92. The first-order valence-corrected chi connectivity index (χ1v) is 5.48. The van der Waals surface area contributed by atoms with Gasteiger partial charge in [-0.1, -0.05) is 0 Å². The van der Waals surface area contributed by atoms with Gasteiger partial charge in [0.1, 0.15) is 11.6 Å². The molecule has 0 saturated carbocycles. The van der Waals surface area contributed by atoms with Crippen LogP contribution >= 0.6 is 0 Å². The van der Waals surface area contributed by atoms with E-state index >= 15 is 0 Å². The summed E-state index contributed by atoms with van der Waals surface area (Å²) < 4.78 is 26.7. The molecule has 2 rings (SSSR count). The van der Waals surface area contributed by atoms with Gasteiger partial charge in [-0.25, -0.2) is 8.78 Å². The Hall–Kier alpha value is -1.00. The quantitative estimate of drug-likeness (QED) is 0.794. The minimum atomic E-state index is -0.399. The average molecular weight is 226 g/mol. The van der Waals surface area contributed by atoms with Crippen LogP contribution < -0.4 is 5.73 Å². The number of likely N-dealkylation sites (tertiary alicyclic amines) is 1. The Morgan fingerprint density at radius 2 is 2.12 bits per heavy atom. The van der Waals surface area contributed by atoms with Crippen molar-refractivity contribution < 1.29 is 8.78 Å². The summed E-state index contributed by atoms with van der Waals surface area (Å²) in [5.41, 5.74) is 6.28. The fraction of sp³-hybridized carbons (Fsp3) is 0.500. The molecule has 2 N–H and O–H groups in total. The van der Waals surface area contributed by atoms with E-state index < -0.39 is 5.82 Å². The van der Waals surface area contributed by atoms with Crippen LogP contribution in [0.5, 0.6) is 0 Å². The molecule has 4 heteroatoms. The molecular formula is C12H16F2N2. The Kier molecular flexibility index (Phi) is 3.21. The SMILES string of the molecule is CN1CCC(N)CC1c1cc(F)ccc1F. The highest BCUT2D eigenvalue weighted by Crippen LogP contribution is 2.30. The van der Waals surface area contributed by atoms with Gasteiger partial charge in [-0.05, 0) is 44.6 Å². The Bertz CT molecular complexity index is 381. The molecular weight excluding hydrogens is 210 g/mol. The van der Waals surface area contributed by atoms with E-state index in [0.717, 1.165) is 19.0 Å². The van der Waals surface area contributed by atoms with Crippen molar-refractivity contribution in [1.82, 2.24) is 4.90 Å². The number of halogens is 2. The van der Waals surface area contributed by atoms with Gasteiger partial charge in [-0.15, -0.1) is 0 Å². The van der Waals surface area contributed by atoms with E-state index in [4.69, 9.17) is 5.73 Å². The molecule has 0 amide bonds. The lowest BCUT2D eigenvalue weighted by molar-refractivity contribution is 0.167. The first kappa shape index (κ1) is 11.5. The zero-order valence-corrected chi connectivity index (χ0v) is 9.29. The largest absolute Gasteiger partial charge is 0.328 e. The number of nitrogens with zero attached hydrogens (tertiary/aromatic N) is 1. The van der Waals surface area contributed by atoms with Gasteiger partial charge in [0.2, 0.25) is 0 Å². The zero-order valence-electron chi connectivity index (χ0n) is 9.29. The molecule has 16 heavy (non-hydrogen) atoms. The third-order valence-electron chi connectivity index (χ3n) is 3.23. The smallest absolute Gasteiger partial charge is 0.128 e. The summed E-state index contributed by atoms with van der Waals surface area (Å²) >= 11 is 0. The molecule has 0 aliphatic carbocycles. The number of hydrogen-bond donors (Lipinski definition) is 1. The van der Waals surface area contributed by atoms with E-state index in [-0.39, 0.29) is 17.9 Å². The minimum absolute atomic E-state index is 0.0730. The number of benzene rings is 1. The van der Waals surface area contributed by atoms with Crippen molar-refractivity contribution >= 4 is 0 Å². The number of nitrogens with two attached hydrogens (primary N) is 1. The Morgan fingerprint density at radius 3 is 2.88 bits per heavy atom. The van der Waals surface area contributed by atoms with Crippen LogP contribution in [0.15, 0.2) is 18.2 Å². The van der Waals surface area contributed by atoms with Crippen molar-refractivity contribution in [1.29, 1.82) is 0 Å². The molecule has 0 aromatic heterocycles. The third-order valence-corrected chi connectivity index (χ3v) is 3.23. The van der Waals surface area contributed by atoms with Crippen molar-refractivity contribution in [2.24, 2.45) is 5.73 Å². The molecule has 1 fully saturated rings. The van der Waals surface area contributed by atoms with Gasteiger partial charge in [-0.2, -0.15) is 0 Å². The first-order chi connectivity index (χ1) is 7.58. The van der Waals surface area contributed by atoms with Crippen LogP contribution in [0, 0.1) is 11.6 Å². The van der Waals surface area contributed by atoms with Crippen LogP contribution in [0.2, 0.25) is 0 Å². The molecule has 1 saturated heterocycles. The average Bonchev–Trinajstić information content (AvgIpc) is 2.25. The summed E-state index contributed by atoms with van der Waals surface area (Å²) in [5.74, 6) is -0.753. The van der Waals surface area contributed by atoms with E-state index in [0.29, 0.717) is 12.0 Å². The first-order valence-electron chi connectivity index (χ1n) is 5.48. The predicted molar refractivity (Wildman–Crippen MR) is 58.9 cm³/mol. The van der Waals surface area contributed by atoms with Gasteiger partial charge < -0.3 is 5.73 Å². The zero-order chi connectivity index (χ0) is 11.7. The molecule has 1 aromatic carbocycles. The molecule has 88 valence electrons. The number of piperidine rings is 1. The molecule has 0 bridgehead atoms. The second kappa shape index (κ2) is 4.47. The molecule has 2 nitrogen and oxygen atoms in total. The van der Waals surface area contributed by atoms with Gasteiger partial charge >= 0.3 is 0 Å². The monoisotopic (exact) mass is 226 g/mol. The lowest BCUT2D eigenvalue weighted by atomic mass is 9.92. The third kappa shape index (κ3) is 2.23. The highest BCUT2D eigenvalue weighted by molar-refractivity contribution is 5.23. The molecule has 1 heterocycles. The lowest BCUT2D eigenvalue weighted by Gasteiger charge is -2.36. The van der Waals surface area contributed by atoms with Crippen LogP contribution in [-0.4, -0.2) is 24.5 Å². The van der Waals surface area contributed by atoms with Crippen LogP contribution in [0.4, 0.5) is 8.78 Å². The second-order valence-electron chi connectivity index (χ2n) is 4.45. The molecule has 2 atom stereocenters. The minimum Gasteiger partial charge on any atom is -0.328 e. The Morgan fingerprint density at radius 1 is 1.38 bits per heavy atom. The summed E-state index contributed by atoms with van der Waals surface area (Å²) in [5, 5.41) is 0. The van der Waals surface area contributed by atoms with E-state index in [9.17, 15) is 8.78 Å². The van der Waals surface area contributed by atoms with Crippen LogP contribution in [0.25, 0.3) is 0 Å². The van der Waals surface area contributed by atoms with Crippen LogP contribution in [0.1, 0.15) is 24.4 Å². The second-order valence-corrected chi connectivity index (χ2v) is 4.45. The fourth-order valence-electron chi connectivity index (χ4n) is 2.24. The molecule has 1 aliphatic rings. The molecule has 1 aromatic rings. The Balaban J connectivity index is 2.30. The molecule has 0 radical (unpaired) electrons. The van der Waals surface area contributed by atoms with Gasteiger partial charge in [0, 0.05) is 17.6 Å². The summed E-state index contributed by atoms with van der Waals surface area (Å²) in [6.07, 6.45) is 1.58. The van der Waals surface area contributed by atoms with Gasteiger partial charge in [0.05, 0.1) is 0 Å². The van der Waals surface area contributed by atoms with Gasteiger partial charge in [-0.3, -0.25) is 4.90 Å². The van der Waals surface area contributed by atoms with Crippen molar-refractivity contribution in [2.45, 2.75) is 24.9 Å². The van der Waals surface area contributed by atoms with Crippen molar-refractivity contribution in [3.63, 3.8) is 0 Å². The van der Waals surface area contributed by atoms with Gasteiger partial charge in [0.25, 0.3) is 0 Å². The summed E-state index contributed by atoms with van der Waals surface area (Å²) in [6, 6.07) is 3.55. The van der Waals surface area contributed by atoms with E-state index in [2.05, 4.69) is 0 Å². The van der Waals surface area contributed by atoms with E-state index in [1.807, 2.05) is 11.9 Å². The standard InChI is InChI=1S/C12H16F2N2/c1-16-5-4-9(15)7-12(16)10-6-8(13)2-3-11(10)14/h2-3,6,9,12H,4-5,7,15H2,1H3. The maximum absolute atomic E-state index is 13.6. The maximum Gasteiger partial charge on any atom is 0.128 e. The van der Waals surface area contributed by atoms with Gasteiger partial charge in [0.15, 0.2) is 0 Å². The number of rotatable bonds is 1. The normalized spacial score (nSPS) is 27.0. The van der Waals surface area contributed by atoms with Crippen molar-refractivity contribution in [3.8, 4) is 0 Å². The van der Waals surface area contributed by atoms with Crippen LogP contribution in [0.3, 0.4) is 0 Å². The highest BCUT2D eigenvalue weighted by Gasteiger charge is 2.27. The summed E-state index contributed by atoms with van der Waals surface area (Å²) in [4.78, 5) is 2.03. The number of hydrogen-bond acceptors (Lipinski definition) is 2. The highest BCUT2D eigenvalue weighted by atomic mass is 19.1. The lowest BCUT2D eigenvalue weighted by Crippen LogP contribution is -2.40. The predicted octanol–water partition coefficient (Wildman–Crippen LogP) is 2.06. The Labute approximate surface area is 94.0 Å². The molecule has 2 unspecified atom stereocenters. The van der Waals surface area contributed by atoms with Crippen LogP contribution in [-0.2, 0) is 0 Å². The fourth-order valence-corrected chi connectivity index (χ4v) is 2.24. The van der Waals surface area contributed by atoms with Crippen molar-refractivity contribution in [3.05, 3.63) is 35.4 Å². The van der Waals surface area contributed by atoms with E-state index in [1.165, 1.54) is 12.1 Å². The van der Waals surface area contributed by atoms with Crippen molar-refractivity contribution in [2.75, 3.05) is 13.6 Å². The maximum atomic E-state index is 13.6.